The summed E-state index contributed by atoms with van der Waals surface area (Å²) < 4.78 is 1.82. The van der Waals surface area contributed by atoms with Crippen LogP contribution in [0.3, 0.4) is 0 Å². The fourth-order valence-electron chi connectivity index (χ4n) is 4.45. The van der Waals surface area contributed by atoms with E-state index < -0.39 is 6.04 Å². The first-order valence-corrected chi connectivity index (χ1v) is 10.5. The average molecular weight is 396 g/mol. The molecule has 0 N–H and O–H groups in total. The fraction of sp³-hybridized carbons (Fsp3) is 0.500. The van der Waals surface area contributed by atoms with Gasteiger partial charge >= 0.3 is 0 Å². The minimum absolute atomic E-state index is 0.0209. The lowest BCUT2D eigenvalue weighted by Gasteiger charge is -2.36. The summed E-state index contributed by atoms with van der Waals surface area (Å²) in [5.41, 5.74) is 2.68. The van der Waals surface area contributed by atoms with Gasteiger partial charge in [0.15, 0.2) is 0 Å². The van der Waals surface area contributed by atoms with Crippen LogP contribution in [-0.4, -0.2) is 66.1 Å². The maximum atomic E-state index is 13.0. The molecule has 7 nitrogen and oxygen atoms in total. The van der Waals surface area contributed by atoms with E-state index in [0.717, 1.165) is 44.7 Å². The lowest BCUT2D eigenvalue weighted by molar-refractivity contribution is 0.0742. The van der Waals surface area contributed by atoms with Crippen LogP contribution in [0.2, 0.25) is 0 Å². The second kappa shape index (κ2) is 8.78. The van der Waals surface area contributed by atoms with Crippen molar-refractivity contribution < 1.29 is 4.79 Å². The topological polar surface area (TPSA) is 61.2 Å². The number of carbonyl (C=O) groups is 1. The number of aromatic nitrogens is 1. The van der Waals surface area contributed by atoms with Crippen molar-refractivity contribution in [2.45, 2.75) is 18.9 Å². The van der Waals surface area contributed by atoms with Crippen molar-refractivity contribution in [2.24, 2.45) is 12.2 Å². The van der Waals surface area contributed by atoms with Crippen molar-refractivity contribution in [3.05, 3.63) is 58.8 Å². The molecule has 0 aliphatic carbocycles. The molecule has 2 aliphatic rings. The van der Waals surface area contributed by atoms with Gasteiger partial charge in [0.05, 0.1) is 0 Å². The summed E-state index contributed by atoms with van der Waals surface area (Å²) >= 11 is 0. The molecule has 0 radical (unpaired) electrons. The Morgan fingerprint density at radius 2 is 1.76 bits per heavy atom. The largest absolute Gasteiger partial charge is 0.369 e. The van der Waals surface area contributed by atoms with E-state index in [1.807, 2.05) is 28.8 Å². The van der Waals surface area contributed by atoms with Crippen molar-refractivity contribution in [2.75, 3.05) is 50.7 Å². The Kier molecular flexibility index (Phi) is 5.94. The van der Waals surface area contributed by atoms with E-state index in [0.29, 0.717) is 25.2 Å². The number of nitrogens with zero attached hydrogens (tertiary/aromatic N) is 5. The average Bonchev–Trinajstić information content (AvgIpc) is 3.08. The summed E-state index contributed by atoms with van der Waals surface area (Å²) in [4.78, 5) is 31.1. The van der Waals surface area contributed by atoms with Gasteiger partial charge in [0.1, 0.15) is 11.7 Å². The molecule has 7 heteroatoms. The van der Waals surface area contributed by atoms with Gasteiger partial charge in [-0.15, -0.1) is 0 Å². The number of anilines is 1. The highest BCUT2D eigenvalue weighted by Gasteiger charge is 2.31. The smallest absolute Gasteiger partial charge is 0.270 e. The fourth-order valence-corrected chi connectivity index (χ4v) is 4.45. The first-order valence-electron chi connectivity index (χ1n) is 10.5. The molecule has 0 spiro atoms. The normalized spacial score (nSPS) is 20.4. The minimum Gasteiger partial charge on any atom is -0.369 e. The van der Waals surface area contributed by atoms with Crippen LogP contribution in [0.1, 0.15) is 34.9 Å². The number of benzene rings is 1. The molecule has 1 aromatic heterocycles. The minimum atomic E-state index is -0.425. The molecule has 0 bridgehead atoms. The molecule has 2 aliphatic heterocycles. The SMILES string of the molecule is Cn1ccc2c1C(=O)N(CCCN1CCN(c3ccccc3)CC1)CCC2N=O. The van der Waals surface area contributed by atoms with Crippen molar-refractivity contribution in [3.8, 4) is 0 Å². The molecule has 3 heterocycles. The zero-order valence-electron chi connectivity index (χ0n) is 17.0. The van der Waals surface area contributed by atoms with Crippen LogP contribution in [-0.2, 0) is 7.05 Å². The Hall–Kier alpha value is -2.67. The van der Waals surface area contributed by atoms with Crippen molar-refractivity contribution >= 4 is 11.6 Å². The van der Waals surface area contributed by atoms with Crippen LogP contribution in [0.5, 0.6) is 0 Å². The van der Waals surface area contributed by atoms with Crippen molar-refractivity contribution in [1.82, 2.24) is 14.4 Å². The van der Waals surface area contributed by atoms with Gasteiger partial charge in [0.2, 0.25) is 0 Å². The van der Waals surface area contributed by atoms with Gasteiger partial charge in [-0.1, -0.05) is 23.4 Å². The number of amides is 1. The lowest BCUT2D eigenvalue weighted by Crippen LogP contribution is -2.47. The Balaban J connectivity index is 1.28. The number of fused-ring (bicyclic) bond motifs is 1. The number of piperazine rings is 1. The second-order valence-electron chi connectivity index (χ2n) is 7.95. The molecule has 1 aromatic carbocycles. The highest BCUT2D eigenvalue weighted by Crippen LogP contribution is 2.30. The molecular formula is C22H29N5O2. The first-order chi connectivity index (χ1) is 14.2. The third-order valence-corrected chi connectivity index (χ3v) is 6.15. The van der Waals surface area contributed by atoms with Crippen LogP contribution in [0.4, 0.5) is 5.69 Å². The third kappa shape index (κ3) is 4.19. The standard InChI is InChI=1S/C22H29N5O2/c1-24-12-8-19-20(23-29)9-13-27(22(28)21(19)24)11-5-10-25-14-16-26(17-15-25)18-6-3-2-4-7-18/h2-4,6-8,12,20H,5,9-11,13-17H2,1H3. The van der Waals surface area contributed by atoms with Gasteiger partial charge in [0, 0.05) is 63.8 Å². The molecule has 1 atom stereocenters. The molecule has 0 saturated carbocycles. The molecule has 4 rings (SSSR count). The number of aryl methyl sites for hydroxylation is 1. The number of hydrogen-bond acceptors (Lipinski definition) is 5. The maximum absolute atomic E-state index is 13.0. The van der Waals surface area contributed by atoms with E-state index in [4.69, 9.17) is 0 Å². The van der Waals surface area contributed by atoms with Gasteiger partial charge in [-0.3, -0.25) is 9.69 Å². The molecule has 1 fully saturated rings. The highest BCUT2D eigenvalue weighted by atomic mass is 16.3. The van der Waals surface area contributed by atoms with Crippen LogP contribution < -0.4 is 4.90 Å². The van der Waals surface area contributed by atoms with E-state index in [9.17, 15) is 9.70 Å². The van der Waals surface area contributed by atoms with E-state index >= 15 is 0 Å². The summed E-state index contributed by atoms with van der Waals surface area (Å²) in [6, 6.07) is 12.0. The Labute approximate surface area is 171 Å². The third-order valence-electron chi connectivity index (χ3n) is 6.15. The van der Waals surface area contributed by atoms with Gasteiger partial charge < -0.3 is 14.4 Å². The van der Waals surface area contributed by atoms with Crippen LogP contribution >= 0.6 is 0 Å². The quantitative estimate of drug-likeness (QED) is 0.706. The molecule has 154 valence electrons. The van der Waals surface area contributed by atoms with Crippen LogP contribution in [0.25, 0.3) is 0 Å². The van der Waals surface area contributed by atoms with Gasteiger partial charge in [-0.05, 0) is 37.6 Å². The van der Waals surface area contributed by atoms with Gasteiger partial charge in [-0.25, -0.2) is 0 Å². The Morgan fingerprint density at radius 1 is 1.00 bits per heavy atom. The number of carbonyl (C=O) groups excluding carboxylic acids is 1. The van der Waals surface area contributed by atoms with E-state index in [2.05, 4.69) is 45.3 Å². The zero-order valence-corrected chi connectivity index (χ0v) is 17.0. The molecule has 2 aromatic rings. The summed E-state index contributed by atoms with van der Waals surface area (Å²) in [5.74, 6) is 0.0209. The molecule has 1 saturated heterocycles. The Morgan fingerprint density at radius 3 is 2.48 bits per heavy atom. The molecular weight excluding hydrogens is 366 g/mol. The summed E-state index contributed by atoms with van der Waals surface area (Å²) in [7, 11) is 1.86. The highest BCUT2D eigenvalue weighted by molar-refractivity contribution is 5.95. The number of hydrogen-bond donors (Lipinski definition) is 0. The van der Waals surface area contributed by atoms with E-state index in [1.54, 1.807) is 0 Å². The zero-order chi connectivity index (χ0) is 20.2. The summed E-state index contributed by atoms with van der Waals surface area (Å²) in [6.45, 7) is 6.45. The van der Waals surface area contributed by atoms with E-state index in [1.165, 1.54) is 5.69 Å². The Bertz CT molecular complexity index is 842. The predicted molar refractivity (Wildman–Crippen MR) is 114 cm³/mol. The number of rotatable bonds is 6. The maximum Gasteiger partial charge on any atom is 0.270 e. The van der Waals surface area contributed by atoms with Crippen LogP contribution in [0, 0.1) is 4.91 Å². The first kappa shape index (κ1) is 19.6. The predicted octanol–water partition coefficient (Wildman–Crippen LogP) is 2.89. The summed E-state index contributed by atoms with van der Waals surface area (Å²) in [6.07, 6.45) is 3.38. The molecule has 29 heavy (non-hydrogen) atoms. The van der Waals surface area contributed by atoms with Crippen LogP contribution in [0.15, 0.2) is 47.8 Å². The summed E-state index contributed by atoms with van der Waals surface area (Å²) in [5, 5.41) is 3.26. The lowest BCUT2D eigenvalue weighted by atomic mass is 10.1. The number of nitroso groups, excluding NO2 is 1. The van der Waals surface area contributed by atoms with Gasteiger partial charge in [-0.2, -0.15) is 4.91 Å². The van der Waals surface area contributed by atoms with E-state index in [-0.39, 0.29) is 5.91 Å². The molecule has 1 unspecified atom stereocenters. The van der Waals surface area contributed by atoms with Crippen molar-refractivity contribution in [1.29, 1.82) is 0 Å². The molecule has 1 amide bonds. The van der Waals surface area contributed by atoms with Gasteiger partial charge in [0.25, 0.3) is 5.91 Å². The van der Waals surface area contributed by atoms with Crippen molar-refractivity contribution in [3.63, 3.8) is 0 Å². The second-order valence-corrected chi connectivity index (χ2v) is 7.95. The monoisotopic (exact) mass is 395 g/mol. The number of para-hydroxylation sites is 1.